The summed E-state index contributed by atoms with van der Waals surface area (Å²) in [5.74, 6) is 0.0307. The number of H-pyrrole nitrogens is 1. The summed E-state index contributed by atoms with van der Waals surface area (Å²) < 4.78 is 0. The molecule has 1 aromatic heterocycles. The number of hydrogen-bond donors (Lipinski definition) is 4. The van der Waals surface area contributed by atoms with Crippen LogP contribution in [0.4, 0.5) is 0 Å². The van der Waals surface area contributed by atoms with Crippen LogP contribution in [-0.2, 0) is 4.79 Å². The number of carbonyl (C=O) groups is 1. The molecule has 0 spiro atoms. The lowest BCUT2D eigenvalue weighted by molar-refractivity contribution is -0.119. The van der Waals surface area contributed by atoms with Gasteiger partial charge in [-0.2, -0.15) is 5.10 Å². The van der Waals surface area contributed by atoms with Crippen LogP contribution >= 0.6 is 24.0 Å². The van der Waals surface area contributed by atoms with Crippen LogP contribution in [0.3, 0.4) is 0 Å². The fourth-order valence-electron chi connectivity index (χ4n) is 0.623. The zero-order valence-corrected chi connectivity index (χ0v) is 9.54. The quantitative estimate of drug-likeness (QED) is 0.309. The Balaban J connectivity index is 2.16. The highest BCUT2D eigenvalue weighted by molar-refractivity contribution is 7.99. The van der Waals surface area contributed by atoms with Gasteiger partial charge < -0.3 is 5.32 Å². The van der Waals surface area contributed by atoms with Crippen molar-refractivity contribution < 1.29 is 4.79 Å². The molecule has 0 saturated carbocycles. The standard InChI is InChI=1S/C6H10N6OS2/c1-7-5(14)11-10-4(13)2-15-6-8-3-9-12-6/h3H,2H2,1H3,(H,10,13)(H2,7,11,14)(H,8,9,12). The van der Waals surface area contributed by atoms with Crippen molar-refractivity contribution in [2.75, 3.05) is 12.8 Å². The van der Waals surface area contributed by atoms with Gasteiger partial charge in [0.1, 0.15) is 6.33 Å². The Kier molecular flexibility index (Phi) is 4.84. The van der Waals surface area contributed by atoms with Gasteiger partial charge in [0.15, 0.2) is 10.3 Å². The van der Waals surface area contributed by atoms with E-state index in [1.54, 1.807) is 7.05 Å². The third kappa shape index (κ3) is 4.61. The van der Waals surface area contributed by atoms with E-state index in [2.05, 4.69) is 31.3 Å². The minimum absolute atomic E-state index is 0.200. The number of thioether (sulfide) groups is 1. The number of thiocarbonyl (C=S) groups is 1. The predicted octanol–water partition coefficient (Wildman–Crippen LogP) is -0.978. The number of rotatable bonds is 3. The van der Waals surface area contributed by atoms with E-state index in [1.807, 2.05) is 0 Å². The van der Waals surface area contributed by atoms with Crippen molar-refractivity contribution in [2.24, 2.45) is 0 Å². The van der Waals surface area contributed by atoms with E-state index in [0.717, 1.165) is 0 Å². The van der Waals surface area contributed by atoms with Crippen LogP contribution in [0.25, 0.3) is 0 Å². The maximum absolute atomic E-state index is 11.2. The van der Waals surface area contributed by atoms with Gasteiger partial charge in [0.05, 0.1) is 5.75 Å². The second-order valence-corrected chi connectivity index (χ2v) is 3.70. The Morgan fingerprint density at radius 3 is 3.07 bits per heavy atom. The molecule has 82 valence electrons. The predicted molar refractivity (Wildman–Crippen MR) is 60.0 cm³/mol. The smallest absolute Gasteiger partial charge is 0.248 e. The summed E-state index contributed by atoms with van der Waals surface area (Å²) in [6, 6.07) is 0. The van der Waals surface area contributed by atoms with Crippen LogP contribution < -0.4 is 16.2 Å². The summed E-state index contributed by atoms with van der Waals surface area (Å²) in [6.07, 6.45) is 1.38. The number of hydrazine groups is 1. The van der Waals surface area contributed by atoms with E-state index in [-0.39, 0.29) is 11.7 Å². The highest BCUT2D eigenvalue weighted by Gasteiger charge is 2.03. The third-order valence-electron chi connectivity index (χ3n) is 1.28. The Morgan fingerprint density at radius 2 is 2.47 bits per heavy atom. The zero-order chi connectivity index (χ0) is 11.1. The number of aromatic amines is 1. The number of aromatic nitrogens is 3. The van der Waals surface area contributed by atoms with Gasteiger partial charge in [-0.3, -0.25) is 20.7 Å². The topological polar surface area (TPSA) is 94.7 Å². The molecule has 0 aromatic carbocycles. The monoisotopic (exact) mass is 246 g/mol. The van der Waals surface area contributed by atoms with Crippen LogP contribution in [0.2, 0.25) is 0 Å². The first kappa shape index (κ1) is 11.7. The molecule has 0 bridgehead atoms. The molecule has 7 nitrogen and oxygen atoms in total. The first-order chi connectivity index (χ1) is 7.22. The molecule has 1 heterocycles. The lowest BCUT2D eigenvalue weighted by Crippen LogP contribution is -2.46. The zero-order valence-electron chi connectivity index (χ0n) is 7.90. The number of hydrogen-bond acceptors (Lipinski definition) is 5. The van der Waals surface area contributed by atoms with Gasteiger partial charge in [0.25, 0.3) is 0 Å². The number of nitrogens with zero attached hydrogens (tertiary/aromatic N) is 2. The van der Waals surface area contributed by atoms with Gasteiger partial charge in [-0.25, -0.2) is 4.98 Å². The van der Waals surface area contributed by atoms with Gasteiger partial charge in [-0.05, 0) is 12.2 Å². The molecule has 0 unspecified atom stereocenters. The van der Waals surface area contributed by atoms with Crippen molar-refractivity contribution in [3.05, 3.63) is 6.33 Å². The summed E-state index contributed by atoms with van der Waals surface area (Å²) in [4.78, 5) is 15.1. The first-order valence-electron chi connectivity index (χ1n) is 3.97. The Labute approximate surface area is 95.8 Å². The van der Waals surface area contributed by atoms with Gasteiger partial charge in [-0.1, -0.05) is 11.8 Å². The van der Waals surface area contributed by atoms with Crippen molar-refractivity contribution >= 4 is 35.0 Å². The average Bonchev–Trinajstić information content (AvgIpc) is 2.75. The molecule has 0 fully saturated rings. The average molecular weight is 246 g/mol. The molecule has 0 aliphatic heterocycles. The molecule has 4 N–H and O–H groups in total. The van der Waals surface area contributed by atoms with Crippen molar-refractivity contribution in [1.29, 1.82) is 0 Å². The van der Waals surface area contributed by atoms with Gasteiger partial charge in [0, 0.05) is 7.05 Å². The van der Waals surface area contributed by atoms with E-state index >= 15 is 0 Å². The molecule has 9 heteroatoms. The fourth-order valence-corrected chi connectivity index (χ4v) is 1.25. The van der Waals surface area contributed by atoms with Crippen molar-refractivity contribution in [2.45, 2.75) is 5.16 Å². The maximum atomic E-state index is 11.2. The molecule has 0 aliphatic rings. The van der Waals surface area contributed by atoms with Crippen LogP contribution in [0.1, 0.15) is 0 Å². The summed E-state index contributed by atoms with van der Waals surface area (Å²) in [7, 11) is 1.66. The van der Waals surface area contributed by atoms with Gasteiger partial charge in [0.2, 0.25) is 5.91 Å². The van der Waals surface area contributed by atoms with Crippen molar-refractivity contribution in [3.63, 3.8) is 0 Å². The molecular formula is C6H10N6OS2. The Morgan fingerprint density at radius 1 is 1.67 bits per heavy atom. The van der Waals surface area contributed by atoms with Crippen LogP contribution in [0.5, 0.6) is 0 Å². The normalized spacial score (nSPS) is 9.40. The third-order valence-corrected chi connectivity index (χ3v) is 2.46. The largest absolute Gasteiger partial charge is 0.364 e. The van der Waals surface area contributed by atoms with Crippen LogP contribution in [0, 0.1) is 0 Å². The molecule has 0 aliphatic carbocycles. The molecule has 1 aromatic rings. The Bertz CT molecular complexity index is 326. The maximum Gasteiger partial charge on any atom is 0.248 e. The van der Waals surface area contributed by atoms with Gasteiger partial charge in [-0.15, -0.1) is 0 Å². The second kappa shape index (κ2) is 6.19. The van der Waals surface area contributed by atoms with Gasteiger partial charge >= 0.3 is 0 Å². The second-order valence-electron chi connectivity index (χ2n) is 2.33. The highest BCUT2D eigenvalue weighted by Crippen LogP contribution is 2.08. The number of amides is 1. The molecule has 1 amide bonds. The molecule has 0 saturated heterocycles. The molecule has 15 heavy (non-hydrogen) atoms. The lowest BCUT2D eigenvalue weighted by Gasteiger charge is -2.07. The summed E-state index contributed by atoms with van der Waals surface area (Å²) >= 11 is 6.01. The SMILES string of the molecule is CNC(=S)NNC(=O)CSc1ncn[nH]1. The summed E-state index contributed by atoms with van der Waals surface area (Å²) in [5.41, 5.74) is 4.94. The lowest BCUT2D eigenvalue weighted by atomic mass is 10.7. The number of carbonyl (C=O) groups excluding carboxylic acids is 1. The van der Waals surface area contributed by atoms with Crippen molar-refractivity contribution in [3.8, 4) is 0 Å². The minimum atomic E-state index is -0.200. The minimum Gasteiger partial charge on any atom is -0.364 e. The Hall–Kier alpha value is -1.35. The fraction of sp³-hybridized carbons (Fsp3) is 0.333. The number of nitrogens with one attached hydrogen (secondary N) is 4. The summed E-state index contributed by atoms with van der Waals surface area (Å²) in [5, 5.41) is 9.90. The van der Waals surface area contributed by atoms with Crippen LogP contribution in [0.15, 0.2) is 11.5 Å². The van der Waals surface area contributed by atoms with E-state index in [0.29, 0.717) is 10.3 Å². The van der Waals surface area contributed by atoms with Crippen LogP contribution in [-0.4, -0.2) is 39.0 Å². The van der Waals surface area contributed by atoms with E-state index in [4.69, 9.17) is 12.2 Å². The first-order valence-corrected chi connectivity index (χ1v) is 5.36. The van der Waals surface area contributed by atoms with E-state index < -0.39 is 0 Å². The molecule has 1 rings (SSSR count). The molecule has 0 radical (unpaired) electrons. The molecular weight excluding hydrogens is 236 g/mol. The van der Waals surface area contributed by atoms with E-state index in [9.17, 15) is 4.79 Å². The van der Waals surface area contributed by atoms with E-state index in [1.165, 1.54) is 18.1 Å². The summed E-state index contributed by atoms with van der Waals surface area (Å²) in [6.45, 7) is 0. The highest BCUT2D eigenvalue weighted by atomic mass is 32.2. The van der Waals surface area contributed by atoms with Crippen molar-refractivity contribution in [1.82, 2.24) is 31.3 Å². The molecule has 0 atom stereocenters.